The Morgan fingerprint density at radius 2 is 1.03 bits per heavy atom. The number of benzene rings is 3. The topological polar surface area (TPSA) is 13.1 Å². The Bertz CT molecular complexity index is 1060. The molecule has 3 nitrogen and oxygen atoms in total. The van der Waals surface area contributed by atoms with Gasteiger partial charge in [0.05, 0.1) is 0 Å². The van der Waals surface area contributed by atoms with Gasteiger partial charge in [-0.3, -0.25) is 0 Å². The number of hydrogen-bond acceptors (Lipinski definition) is 1. The third-order valence-corrected chi connectivity index (χ3v) is 6.85. The summed E-state index contributed by atoms with van der Waals surface area (Å²) in [6, 6.07) is 31.5. The van der Waals surface area contributed by atoms with Crippen LogP contribution in [0.5, 0.6) is 0 Å². The van der Waals surface area contributed by atoms with E-state index in [1.165, 1.54) is 31.9 Å². The Morgan fingerprint density at radius 3 is 1.40 bits per heavy atom. The number of nitrogens with zero attached hydrogens (tertiary/aromatic N) is 3. The fraction of sp³-hybridized carbons (Fsp3) is 0.125. The Balaban J connectivity index is 0.000000216. The zero-order valence-corrected chi connectivity index (χ0v) is 23.4. The predicted molar refractivity (Wildman–Crippen MR) is 139 cm³/mol. The summed E-state index contributed by atoms with van der Waals surface area (Å²) in [5, 5.41) is 0. The van der Waals surface area contributed by atoms with Gasteiger partial charge in [-0.15, -0.1) is 0 Å². The van der Waals surface area contributed by atoms with Crippen LogP contribution in [0.1, 0.15) is 5.56 Å². The number of imidazole rings is 1. The van der Waals surface area contributed by atoms with Crippen LogP contribution in [0, 0.1) is 3.80 Å². The van der Waals surface area contributed by atoms with Gasteiger partial charge < -0.3 is 0 Å². The summed E-state index contributed by atoms with van der Waals surface area (Å²) in [5.41, 5.74) is 6.35. The minimum Gasteiger partial charge on any atom is -0.184 e. The second-order valence-electron chi connectivity index (χ2n) is 6.74. The van der Waals surface area contributed by atoms with Gasteiger partial charge >= 0.3 is 130 Å². The Kier molecular flexibility index (Phi) is 9.11. The maximum atomic E-state index is 2.38. The fourth-order valence-electron chi connectivity index (χ4n) is 3.29. The molecule has 6 heteroatoms. The third kappa shape index (κ3) is 6.02. The van der Waals surface area contributed by atoms with Gasteiger partial charge in [-0.1, -0.05) is 30.3 Å². The van der Waals surface area contributed by atoms with E-state index in [2.05, 4.69) is 175 Å². The standard InChI is InChI=1S/C17H16N2.C7H7I2N.Pt/c1-18-13-19(2)17(15-11-7-4-8-12-15)16(18)14-9-5-3-6-10-14;8-10(9)6-7-4-2-1-3-5-7;/h3-12H,1-2H3;1-5H,6H2;. The van der Waals surface area contributed by atoms with Gasteiger partial charge in [0.15, 0.2) is 0 Å². The zero-order chi connectivity index (χ0) is 21.5. The first-order chi connectivity index (χ1) is 14.5. The van der Waals surface area contributed by atoms with Crippen molar-refractivity contribution in [1.82, 2.24) is 10.5 Å². The molecule has 0 fully saturated rings. The number of aromatic nitrogens is 2. The van der Waals surface area contributed by atoms with Crippen LogP contribution in [-0.4, -0.2) is 10.5 Å². The minimum absolute atomic E-state index is 1.00. The Hall–Kier alpha value is -1.02. The third-order valence-electron chi connectivity index (χ3n) is 4.65. The average Bonchev–Trinajstić information content (AvgIpc) is 3.00. The molecule has 4 rings (SSSR count). The van der Waals surface area contributed by atoms with Crippen LogP contribution >= 0.6 is 45.7 Å². The molecule has 0 saturated heterocycles. The molecule has 1 aromatic heterocycles. The summed E-state index contributed by atoms with van der Waals surface area (Å²) in [5.74, 6) is 0. The van der Waals surface area contributed by atoms with Crippen LogP contribution in [0.4, 0.5) is 0 Å². The molecule has 0 radical (unpaired) electrons. The first kappa shape index (κ1) is 23.6. The van der Waals surface area contributed by atoms with E-state index in [1.54, 1.807) is 0 Å². The second-order valence-corrected chi connectivity index (χ2v) is 11.9. The largest absolute Gasteiger partial charge is 0.184 e. The minimum atomic E-state index is 1.00. The summed E-state index contributed by atoms with van der Waals surface area (Å²) in [6.07, 6.45) is 0. The monoisotopic (exact) mass is 802 g/mol. The van der Waals surface area contributed by atoms with E-state index in [0.717, 1.165) is 6.54 Å². The second kappa shape index (κ2) is 11.6. The van der Waals surface area contributed by atoms with Crippen LogP contribution in [0.3, 0.4) is 0 Å². The van der Waals surface area contributed by atoms with Crippen molar-refractivity contribution in [3.8, 4) is 22.5 Å². The van der Waals surface area contributed by atoms with Crippen molar-refractivity contribution in [3.05, 3.63) is 100 Å². The molecule has 0 amide bonds. The van der Waals surface area contributed by atoms with E-state index in [-0.39, 0.29) is 0 Å². The van der Waals surface area contributed by atoms with Crippen molar-refractivity contribution in [2.45, 2.75) is 6.54 Å². The van der Waals surface area contributed by atoms with E-state index in [1.807, 2.05) is 6.07 Å². The van der Waals surface area contributed by atoms with Crippen molar-refractivity contribution in [2.75, 3.05) is 0 Å². The zero-order valence-electron chi connectivity index (χ0n) is 16.8. The van der Waals surface area contributed by atoms with Gasteiger partial charge in [0.1, 0.15) is 0 Å². The van der Waals surface area contributed by atoms with Crippen LogP contribution in [0.25, 0.3) is 22.5 Å². The molecule has 3 aromatic carbocycles. The molecule has 30 heavy (non-hydrogen) atoms. The van der Waals surface area contributed by atoms with Gasteiger partial charge in [-0.05, 0) is 5.56 Å². The summed E-state index contributed by atoms with van der Waals surface area (Å²) in [7, 11) is 4.24. The van der Waals surface area contributed by atoms with Gasteiger partial charge in [0.2, 0.25) is 0 Å². The Morgan fingerprint density at radius 1 is 0.667 bits per heavy atom. The van der Waals surface area contributed by atoms with Gasteiger partial charge in [0, 0.05) is 52.3 Å². The molecule has 158 valence electrons. The van der Waals surface area contributed by atoms with Gasteiger partial charge in [0.25, 0.3) is 0 Å². The van der Waals surface area contributed by atoms with Crippen molar-refractivity contribution in [2.24, 2.45) is 14.1 Å². The van der Waals surface area contributed by atoms with E-state index >= 15 is 0 Å². The van der Waals surface area contributed by atoms with E-state index in [9.17, 15) is 0 Å². The SMILES string of the molecule is Cn1c(-c2ccccc2)c(-c2ccccc2)n(C)[c]1=[Pt].IN(I)Cc1ccccc1. The van der Waals surface area contributed by atoms with Gasteiger partial charge in [-0.2, -0.15) is 1.33 Å². The molecular weight excluding hydrogens is 779 g/mol. The summed E-state index contributed by atoms with van der Waals surface area (Å²) in [4.78, 5) is 0. The molecule has 0 spiro atoms. The molecule has 0 aliphatic carbocycles. The summed E-state index contributed by atoms with van der Waals surface area (Å²) < 4.78 is 7.81. The molecule has 1 heterocycles. The molecule has 0 unspecified atom stereocenters. The molecule has 4 aromatic rings. The Labute approximate surface area is 217 Å². The van der Waals surface area contributed by atoms with E-state index < -0.39 is 0 Å². The van der Waals surface area contributed by atoms with Crippen LogP contribution in [0.15, 0.2) is 91.0 Å². The maximum absolute atomic E-state index is 2.38. The molecule has 0 saturated carbocycles. The fourth-order valence-corrected chi connectivity index (χ4v) is 4.58. The van der Waals surface area contributed by atoms with Crippen LogP contribution in [0.2, 0.25) is 0 Å². The number of rotatable bonds is 4. The molecule has 0 aliphatic heterocycles. The first-order valence-corrected chi connectivity index (χ1v) is 12.5. The maximum Gasteiger partial charge on any atom is 0.0435 e. The quantitative estimate of drug-likeness (QED) is 0.161. The number of halogens is 2. The number of hydrogen-bond donors (Lipinski definition) is 0. The molecule has 0 N–H and O–H groups in total. The van der Waals surface area contributed by atoms with Crippen LogP contribution in [-0.2, 0) is 40.0 Å². The normalized spacial score (nSPS) is 10.6. The van der Waals surface area contributed by atoms with Gasteiger partial charge in [-0.25, -0.2) is 0 Å². The molecule has 0 aliphatic rings. The smallest absolute Gasteiger partial charge is 0.0435 e. The predicted octanol–water partition coefficient (Wildman–Crippen LogP) is 6.96. The molecular formula is C24H23I2N3Pt. The van der Waals surface area contributed by atoms with Crippen LogP contribution < -0.4 is 0 Å². The summed E-state index contributed by atoms with van der Waals surface area (Å²) >= 11 is 6.91. The van der Waals surface area contributed by atoms with Crippen molar-refractivity contribution in [1.29, 1.82) is 0 Å². The first-order valence-electron chi connectivity index (χ1n) is 9.44. The molecule has 0 bridgehead atoms. The summed E-state index contributed by atoms with van der Waals surface area (Å²) in [6.45, 7) is 1.00. The van der Waals surface area contributed by atoms with Crippen molar-refractivity contribution in [3.63, 3.8) is 0 Å². The molecule has 0 atom stereocenters. The van der Waals surface area contributed by atoms with Crippen molar-refractivity contribution >= 4 is 45.7 Å². The van der Waals surface area contributed by atoms with E-state index in [0.29, 0.717) is 0 Å². The van der Waals surface area contributed by atoms with E-state index in [4.69, 9.17) is 0 Å². The average molecular weight is 802 g/mol. The van der Waals surface area contributed by atoms with Crippen molar-refractivity contribution < 1.29 is 19.4 Å².